The van der Waals surface area contributed by atoms with Crippen molar-refractivity contribution in [2.24, 2.45) is 11.7 Å². The number of hydrogen-bond donors (Lipinski definition) is 1. The molecule has 1 amide bonds. The van der Waals surface area contributed by atoms with Gasteiger partial charge in [0.2, 0.25) is 0 Å². The number of carbonyl (C=O) groups is 1. The highest BCUT2D eigenvalue weighted by atomic mass is 19.1. The molecule has 0 bridgehead atoms. The van der Waals surface area contributed by atoms with E-state index in [1.165, 1.54) is 12.1 Å². The predicted molar refractivity (Wildman–Crippen MR) is 99.5 cm³/mol. The first-order valence-corrected chi connectivity index (χ1v) is 9.05. The third-order valence-electron chi connectivity index (χ3n) is 4.86. The fourth-order valence-corrected chi connectivity index (χ4v) is 3.32. The molecule has 2 N–H and O–H groups in total. The van der Waals surface area contributed by atoms with Crippen LogP contribution in [0.25, 0.3) is 0 Å². The molecule has 1 saturated heterocycles. The van der Waals surface area contributed by atoms with Gasteiger partial charge >= 0.3 is 0 Å². The van der Waals surface area contributed by atoms with E-state index in [0.29, 0.717) is 23.8 Å². The lowest BCUT2D eigenvalue weighted by Crippen LogP contribution is -2.45. The van der Waals surface area contributed by atoms with Gasteiger partial charge in [-0.2, -0.15) is 0 Å². The highest BCUT2D eigenvalue weighted by molar-refractivity contribution is 5.94. The number of rotatable bonds is 5. The van der Waals surface area contributed by atoms with Crippen molar-refractivity contribution in [3.05, 3.63) is 65.5 Å². The van der Waals surface area contributed by atoms with Crippen LogP contribution in [0.4, 0.5) is 4.39 Å². The zero-order chi connectivity index (χ0) is 18.5. The number of halogens is 1. The van der Waals surface area contributed by atoms with E-state index in [4.69, 9.17) is 10.5 Å². The molecule has 138 valence electrons. The Morgan fingerprint density at radius 2 is 2.12 bits per heavy atom. The molecule has 2 atom stereocenters. The summed E-state index contributed by atoms with van der Waals surface area (Å²) >= 11 is 0. The highest BCUT2D eigenvalue weighted by Crippen LogP contribution is 2.21. The summed E-state index contributed by atoms with van der Waals surface area (Å²) in [6, 6.07) is 13.5. The molecule has 4 nitrogen and oxygen atoms in total. The van der Waals surface area contributed by atoms with E-state index in [1.807, 2.05) is 36.1 Å². The van der Waals surface area contributed by atoms with Crippen molar-refractivity contribution in [3.8, 4) is 5.75 Å². The van der Waals surface area contributed by atoms with Crippen LogP contribution in [0.15, 0.2) is 48.5 Å². The summed E-state index contributed by atoms with van der Waals surface area (Å²) in [6.45, 7) is 3.77. The number of nitrogens with two attached hydrogens (primary N) is 1. The van der Waals surface area contributed by atoms with Gasteiger partial charge in [-0.05, 0) is 55.5 Å². The zero-order valence-corrected chi connectivity index (χ0v) is 15.0. The lowest BCUT2D eigenvalue weighted by Gasteiger charge is -2.34. The Labute approximate surface area is 153 Å². The maximum absolute atomic E-state index is 13.2. The number of nitrogens with zero attached hydrogens (tertiary/aromatic N) is 1. The summed E-state index contributed by atoms with van der Waals surface area (Å²) in [5.41, 5.74) is 7.54. The summed E-state index contributed by atoms with van der Waals surface area (Å²) in [5.74, 6) is 0.521. The number of benzene rings is 2. The molecule has 0 saturated carbocycles. The van der Waals surface area contributed by atoms with E-state index >= 15 is 0 Å². The van der Waals surface area contributed by atoms with Crippen molar-refractivity contribution in [3.63, 3.8) is 0 Å². The Morgan fingerprint density at radius 1 is 1.31 bits per heavy atom. The maximum Gasteiger partial charge on any atom is 0.253 e. The first-order valence-electron chi connectivity index (χ1n) is 9.05. The van der Waals surface area contributed by atoms with Gasteiger partial charge < -0.3 is 15.4 Å². The van der Waals surface area contributed by atoms with Gasteiger partial charge in [-0.1, -0.05) is 18.2 Å². The second-order valence-electron chi connectivity index (χ2n) is 6.96. The van der Waals surface area contributed by atoms with Crippen molar-refractivity contribution in [2.45, 2.75) is 32.4 Å². The van der Waals surface area contributed by atoms with E-state index in [9.17, 15) is 9.18 Å². The Hall–Kier alpha value is -2.40. The molecular formula is C21H25FN2O2. The number of ether oxygens (including phenoxy) is 1. The molecule has 5 heteroatoms. The lowest BCUT2D eigenvalue weighted by molar-refractivity contribution is 0.0661. The molecule has 0 spiro atoms. The summed E-state index contributed by atoms with van der Waals surface area (Å²) in [5, 5.41) is 0. The van der Waals surface area contributed by atoms with Gasteiger partial charge in [-0.3, -0.25) is 4.79 Å². The zero-order valence-electron chi connectivity index (χ0n) is 15.0. The van der Waals surface area contributed by atoms with E-state index in [0.717, 1.165) is 24.9 Å². The van der Waals surface area contributed by atoms with E-state index in [2.05, 4.69) is 0 Å². The largest absolute Gasteiger partial charge is 0.489 e. The normalized spacial score (nSPS) is 18.4. The van der Waals surface area contributed by atoms with Crippen LogP contribution in [-0.4, -0.2) is 29.9 Å². The number of piperidine rings is 1. The van der Waals surface area contributed by atoms with Crippen molar-refractivity contribution >= 4 is 5.91 Å². The Morgan fingerprint density at radius 3 is 2.88 bits per heavy atom. The quantitative estimate of drug-likeness (QED) is 0.890. The summed E-state index contributed by atoms with van der Waals surface area (Å²) in [7, 11) is 0. The van der Waals surface area contributed by atoms with Gasteiger partial charge in [-0.15, -0.1) is 0 Å². The SMILES string of the molecule is CC(N)C1CCCN(C(=O)c2cccc(COc3cccc(F)c3)c2)C1. The Bertz CT molecular complexity index is 763. The molecule has 2 aromatic rings. The van der Waals surface area contributed by atoms with Crippen LogP contribution in [0.1, 0.15) is 35.7 Å². The lowest BCUT2D eigenvalue weighted by atomic mass is 9.92. The van der Waals surface area contributed by atoms with Crippen molar-refractivity contribution in [1.29, 1.82) is 0 Å². The minimum Gasteiger partial charge on any atom is -0.489 e. The molecule has 3 rings (SSSR count). The van der Waals surface area contributed by atoms with Crippen LogP contribution < -0.4 is 10.5 Å². The number of amides is 1. The second-order valence-corrected chi connectivity index (χ2v) is 6.96. The first-order chi connectivity index (χ1) is 12.5. The van der Waals surface area contributed by atoms with Gasteiger partial charge in [0.15, 0.2) is 0 Å². The van der Waals surface area contributed by atoms with Gasteiger partial charge in [-0.25, -0.2) is 4.39 Å². The summed E-state index contributed by atoms with van der Waals surface area (Å²) in [4.78, 5) is 14.7. The molecule has 1 heterocycles. The van der Waals surface area contributed by atoms with Crippen LogP contribution >= 0.6 is 0 Å². The summed E-state index contributed by atoms with van der Waals surface area (Å²) < 4.78 is 18.8. The van der Waals surface area contributed by atoms with Crippen molar-refractivity contribution in [2.75, 3.05) is 13.1 Å². The van der Waals surface area contributed by atoms with Crippen LogP contribution in [0.3, 0.4) is 0 Å². The number of likely N-dealkylation sites (tertiary alicyclic amines) is 1. The van der Waals surface area contributed by atoms with E-state index in [-0.39, 0.29) is 24.4 Å². The van der Waals surface area contributed by atoms with Crippen LogP contribution in [0, 0.1) is 11.7 Å². The molecule has 1 aliphatic rings. The van der Waals surface area contributed by atoms with Crippen LogP contribution in [0.5, 0.6) is 5.75 Å². The molecule has 2 unspecified atom stereocenters. The molecule has 1 fully saturated rings. The van der Waals surface area contributed by atoms with Gasteiger partial charge in [0.05, 0.1) is 0 Å². The predicted octanol–water partition coefficient (Wildman–Crippen LogP) is 3.60. The molecule has 0 aromatic heterocycles. The molecule has 1 aliphatic heterocycles. The minimum atomic E-state index is -0.333. The van der Waals surface area contributed by atoms with E-state index in [1.54, 1.807) is 12.1 Å². The van der Waals surface area contributed by atoms with Crippen LogP contribution in [0.2, 0.25) is 0 Å². The molecule has 0 radical (unpaired) electrons. The fourth-order valence-electron chi connectivity index (χ4n) is 3.32. The molecule has 2 aromatic carbocycles. The van der Waals surface area contributed by atoms with Gasteiger partial charge in [0.1, 0.15) is 18.2 Å². The smallest absolute Gasteiger partial charge is 0.253 e. The van der Waals surface area contributed by atoms with Crippen molar-refractivity contribution < 1.29 is 13.9 Å². The maximum atomic E-state index is 13.2. The molecular weight excluding hydrogens is 331 g/mol. The second kappa shape index (κ2) is 8.32. The third-order valence-corrected chi connectivity index (χ3v) is 4.86. The first kappa shape index (κ1) is 18.4. The van der Waals surface area contributed by atoms with Crippen molar-refractivity contribution in [1.82, 2.24) is 4.90 Å². The Kier molecular flexibility index (Phi) is 5.89. The summed E-state index contributed by atoms with van der Waals surface area (Å²) in [6.07, 6.45) is 2.06. The monoisotopic (exact) mass is 356 g/mol. The average molecular weight is 356 g/mol. The van der Waals surface area contributed by atoms with Crippen LogP contribution in [-0.2, 0) is 6.61 Å². The minimum absolute atomic E-state index is 0.0305. The average Bonchev–Trinajstić information content (AvgIpc) is 2.66. The van der Waals surface area contributed by atoms with Gasteiger partial charge in [0, 0.05) is 30.8 Å². The third kappa shape index (κ3) is 4.61. The standard InChI is InChI=1S/C21H25FN2O2/c1-15(23)18-7-4-10-24(13-18)21(25)17-6-2-5-16(11-17)14-26-20-9-3-8-19(22)12-20/h2-3,5-6,8-9,11-12,15,18H,4,7,10,13-14,23H2,1H3. The molecule has 0 aliphatic carbocycles. The number of carbonyl (C=O) groups excluding carboxylic acids is 1. The van der Waals surface area contributed by atoms with Gasteiger partial charge in [0.25, 0.3) is 5.91 Å². The highest BCUT2D eigenvalue weighted by Gasteiger charge is 2.26. The topological polar surface area (TPSA) is 55.6 Å². The molecule has 26 heavy (non-hydrogen) atoms. The number of hydrogen-bond acceptors (Lipinski definition) is 3. The van der Waals surface area contributed by atoms with E-state index < -0.39 is 0 Å². The Balaban J connectivity index is 1.65. The fraction of sp³-hybridized carbons (Fsp3) is 0.381.